The molecule has 1 aromatic heterocycles. The van der Waals surface area contributed by atoms with Crippen molar-refractivity contribution in [3.05, 3.63) is 15.6 Å². The minimum absolute atomic E-state index is 0.318. The Labute approximate surface area is 92.8 Å². The molecule has 0 radical (unpaired) electrons. The molecule has 1 rings (SSSR count). The molecule has 5 heteroatoms. The molecule has 1 heterocycles. The Hall–Kier alpha value is -1.23. The first-order valence-corrected chi connectivity index (χ1v) is 5.53. The topological polar surface area (TPSA) is 63.0 Å². The van der Waals surface area contributed by atoms with Crippen molar-refractivity contribution in [1.29, 1.82) is 5.41 Å². The van der Waals surface area contributed by atoms with Crippen molar-refractivity contribution >= 4 is 23.0 Å². The van der Waals surface area contributed by atoms with Crippen LogP contribution < -0.4 is 0 Å². The Kier molecular flexibility index (Phi) is 3.96. The van der Waals surface area contributed by atoms with Crippen molar-refractivity contribution in [2.45, 2.75) is 27.2 Å². The van der Waals surface area contributed by atoms with Crippen LogP contribution in [-0.4, -0.2) is 23.3 Å². The molecule has 4 nitrogen and oxygen atoms in total. The number of aromatic nitrogens is 1. The first kappa shape index (κ1) is 11.8. The van der Waals surface area contributed by atoms with Gasteiger partial charge < -0.3 is 10.1 Å². The first-order valence-electron chi connectivity index (χ1n) is 4.72. The van der Waals surface area contributed by atoms with Gasteiger partial charge in [0.05, 0.1) is 17.3 Å². The number of nitrogens with zero attached hydrogens (tertiary/aromatic N) is 1. The summed E-state index contributed by atoms with van der Waals surface area (Å²) in [6, 6.07) is 0. The van der Waals surface area contributed by atoms with Crippen LogP contribution in [0.4, 0.5) is 0 Å². The zero-order valence-electron chi connectivity index (χ0n) is 9.09. The van der Waals surface area contributed by atoms with Gasteiger partial charge in [0.1, 0.15) is 4.88 Å². The van der Waals surface area contributed by atoms with Gasteiger partial charge in [0.15, 0.2) is 0 Å². The second-order valence-electron chi connectivity index (χ2n) is 3.20. The van der Waals surface area contributed by atoms with E-state index in [2.05, 4.69) is 4.98 Å². The number of thiazole rings is 1. The third-order valence-electron chi connectivity index (χ3n) is 1.72. The molecular formula is C10H14N2O2S. The van der Waals surface area contributed by atoms with E-state index in [0.717, 1.165) is 5.01 Å². The Morgan fingerprint density at radius 3 is 2.80 bits per heavy atom. The van der Waals surface area contributed by atoms with Gasteiger partial charge in [-0.2, -0.15) is 0 Å². The SMILES string of the molecule is CCOC(=O)c1sc(CC(C)=N)nc1C. The number of esters is 1. The lowest BCUT2D eigenvalue weighted by atomic mass is 10.3. The van der Waals surface area contributed by atoms with Crippen LogP contribution in [-0.2, 0) is 11.2 Å². The average molecular weight is 226 g/mol. The highest BCUT2D eigenvalue weighted by Crippen LogP contribution is 2.19. The average Bonchev–Trinajstić information content (AvgIpc) is 2.46. The number of aryl methyl sites for hydroxylation is 1. The fourth-order valence-corrected chi connectivity index (χ4v) is 2.18. The number of nitrogens with one attached hydrogen (secondary N) is 1. The third-order valence-corrected chi connectivity index (χ3v) is 2.86. The summed E-state index contributed by atoms with van der Waals surface area (Å²) in [7, 11) is 0. The number of hydrogen-bond acceptors (Lipinski definition) is 5. The van der Waals surface area contributed by atoms with Gasteiger partial charge >= 0.3 is 5.97 Å². The van der Waals surface area contributed by atoms with E-state index >= 15 is 0 Å². The van der Waals surface area contributed by atoms with Gasteiger partial charge in [-0.05, 0) is 20.8 Å². The summed E-state index contributed by atoms with van der Waals surface area (Å²) in [6.45, 7) is 5.65. The Morgan fingerprint density at radius 1 is 1.60 bits per heavy atom. The van der Waals surface area contributed by atoms with E-state index in [1.54, 1.807) is 20.8 Å². The first-order chi connectivity index (χ1) is 7.04. The highest BCUT2D eigenvalue weighted by molar-refractivity contribution is 7.13. The smallest absolute Gasteiger partial charge is 0.350 e. The van der Waals surface area contributed by atoms with Gasteiger partial charge in [-0.1, -0.05) is 0 Å². The molecule has 0 unspecified atom stereocenters. The summed E-state index contributed by atoms with van der Waals surface area (Å²) in [5.74, 6) is -0.318. The van der Waals surface area contributed by atoms with E-state index in [1.807, 2.05) is 0 Å². The molecule has 0 amide bonds. The molecule has 0 fully saturated rings. The van der Waals surface area contributed by atoms with Crippen LogP contribution in [0.3, 0.4) is 0 Å². The molecular weight excluding hydrogens is 212 g/mol. The van der Waals surface area contributed by atoms with Crippen LogP contribution in [0.15, 0.2) is 0 Å². The summed E-state index contributed by atoms with van der Waals surface area (Å²) >= 11 is 1.31. The van der Waals surface area contributed by atoms with Crippen LogP contribution in [0.2, 0.25) is 0 Å². The minimum atomic E-state index is -0.318. The van der Waals surface area contributed by atoms with Crippen LogP contribution in [0.25, 0.3) is 0 Å². The van der Waals surface area contributed by atoms with E-state index in [4.69, 9.17) is 10.1 Å². The second kappa shape index (κ2) is 5.02. The van der Waals surface area contributed by atoms with Crippen molar-refractivity contribution in [2.24, 2.45) is 0 Å². The third kappa shape index (κ3) is 3.13. The summed E-state index contributed by atoms with van der Waals surface area (Å²) in [5.41, 5.74) is 1.23. The fourth-order valence-electron chi connectivity index (χ4n) is 1.14. The summed E-state index contributed by atoms with van der Waals surface area (Å²) < 4.78 is 4.90. The Balaban J connectivity index is 2.86. The highest BCUT2D eigenvalue weighted by Gasteiger charge is 2.16. The molecule has 1 aromatic rings. The summed E-state index contributed by atoms with van der Waals surface area (Å²) in [5, 5.41) is 8.14. The number of ether oxygens (including phenoxy) is 1. The standard InChI is InChI=1S/C10H14N2O2S/c1-4-14-10(13)9-7(3)12-8(15-9)5-6(2)11/h11H,4-5H2,1-3H3. The number of carbonyl (C=O) groups excluding carboxylic acids is 1. The lowest BCUT2D eigenvalue weighted by Gasteiger charge is -1.97. The number of hydrogen-bond donors (Lipinski definition) is 1. The maximum Gasteiger partial charge on any atom is 0.350 e. The van der Waals surface area contributed by atoms with Crippen molar-refractivity contribution in [1.82, 2.24) is 4.98 Å². The van der Waals surface area contributed by atoms with E-state index in [9.17, 15) is 4.79 Å². The van der Waals surface area contributed by atoms with Crippen molar-refractivity contribution < 1.29 is 9.53 Å². The van der Waals surface area contributed by atoms with E-state index in [-0.39, 0.29) is 5.97 Å². The maximum absolute atomic E-state index is 11.5. The molecule has 0 aliphatic rings. The predicted molar refractivity (Wildman–Crippen MR) is 59.9 cm³/mol. The molecule has 1 N–H and O–H groups in total. The molecule has 0 saturated heterocycles. The molecule has 0 bridgehead atoms. The molecule has 0 spiro atoms. The van der Waals surface area contributed by atoms with Gasteiger partial charge in [-0.25, -0.2) is 9.78 Å². The minimum Gasteiger partial charge on any atom is -0.462 e. The monoisotopic (exact) mass is 226 g/mol. The Bertz CT molecular complexity index is 385. The van der Waals surface area contributed by atoms with Crippen molar-refractivity contribution in [3.63, 3.8) is 0 Å². The van der Waals surface area contributed by atoms with Gasteiger partial charge in [-0.15, -0.1) is 11.3 Å². The summed E-state index contributed by atoms with van der Waals surface area (Å²) in [4.78, 5) is 16.2. The largest absolute Gasteiger partial charge is 0.462 e. The Morgan fingerprint density at radius 2 is 2.27 bits per heavy atom. The lowest BCUT2D eigenvalue weighted by Crippen LogP contribution is -2.03. The number of carbonyl (C=O) groups is 1. The highest BCUT2D eigenvalue weighted by atomic mass is 32.1. The predicted octanol–water partition coefficient (Wildman–Crippen LogP) is 2.21. The van der Waals surface area contributed by atoms with E-state index in [0.29, 0.717) is 29.3 Å². The molecule has 0 aromatic carbocycles. The van der Waals surface area contributed by atoms with Gasteiger partial charge in [0.2, 0.25) is 0 Å². The van der Waals surface area contributed by atoms with Gasteiger partial charge in [0, 0.05) is 12.1 Å². The number of rotatable bonds is 4. The van der Waals surface area contributed by atoms with Crippen LogP contribution in [0.5, 0.6) is 0 Å². The van der Waals surface area contributed by atoms with Gasteiger partial charge in [0.25, 0.3) is 0 Å². The molecule has 0 aliphatic heterocycles. The van der Waals surface area contributed by atoms with Gasteiger partial charge in [-0.3, -0.25) is 0 Å². The molecule has 0 saturated carbocycles. The van der Waals surface area contributed by atoms with Crippen LogP contribution in [0, 0.1) is 12.3 Å². The van der Waals surface area contributed by atoms with Crippen LogP contribution >= 0.6 is 11.3 Å². The summed E-state index contributed by atoms with van der Waals surface area (Å²) in [6.07, 6.45) is 0.505. The van der Waals surface area contributed by atoms with Crippen molar-refractivity contribution in [3.8, 4) is 0 Å². The lowest BCUT2D eigenvalue weighted by molar-refractivity contribution is 0.0531. The maximum atomic E-state index is 11.5. The molecule has 0 aliphatic carbocycles. The zero-order valence-corrected chi connectivity index (χ0v) is 9.90. The molecule has 82 valence electrons. The van der Waals surface area contributed by atoms with E-state index < -0.39 is 0 Å². The van der Waals surface area contributed by atoms with Crippen molar-refractivity contribution in [2.75, 3.05) is 6.61 Å². The second-order valence-corrected chi connectivity index (χ2v) is 4.28. The quantitative estimate of drug-likeness (QED) is 0.632. The molecule has 0 atom stereocenters. The normalized spacial score (nSPS) is 10.1. The fraction of sp³-hybridized carbons (Fsp3) is 0.500. The zero-order chi connectivity index (χ0) is 11.4. The molecule has 15 heavy (non-hydrogen) atoms. The van der Waals surface area contributed by atoms with Crippen LogP contribution in [0.1, 0.15) is 34.2 Å². The van der Waals surface area contributed by atoms with E-state index in [1.165, 1.54) is 11.3 Å².